The Kier molecular flexibility index (Phi) is 5.55. The second kappa shape index (κ2) is 7.84. The monoisotopic (exact) mass is 347 g/mol. The summed E-state index contributed by atoms with van der Waals surface area (Å²) in [5.41, 5.74) is 0.419. The lowest BCUT2D eigenvalue weighted by Gasteiger charge is -2.27. The molecule has 1 aromatic heterocycles. The molecule has 0 spiro atoms. The molecule has 1 aromatic carbocycles. The van der Waals surface area contributed by atoms with Crippen LogP contribution in [0.15, 0.2) is 16.9 Å². The molecule has 0 radical (unpaired) electrons. The van der Waals surface area contributed by atoms with Crippen molar-refractivity contribution in [3.05, 3.63) is 28.3 Å². The van der Waals surface area contributed by atoms with E-state index >= 15 is 0 Å². The molecular weight excluding hydrogens is 322 g/mol. The van der Waals surface area contributed by atoms with Crippen LogP contribution in [0.3, 0.4) is 0 Å². The first-order valence-corrected chi connectivity index (χ1v) is 8.55. The van der Waals surface area contributed by atoms with E-state index in [-0.39, 0.29) is 11.7 Å². The molecule has 7 nitrogen and oxygen atoms in total. The third kappa shape index (κ3) is 4.11. The highest BCUT2D eigenvalue weighted by molar-refractivity contribution is 5.81. The van der Waals surface area contributed by atoms with E-state index in [0.29, 0.717) is 34.8 Å². The molecule has 1 atom stereocenters. The first-order valence-electron chi connectivity index (χ1n) is 8.55. The van der Waals surface area contributed by atoms with Crippen LogP contribution in [0, 0.1) is 0 Å². The van der Waals surface area contributed by atoms with Gasteiger partial charge in [-0.3, -0.25) is 9.69 Å². The molecule has 1 fully saturated rings. The van der Waals surface area contributed by atoms with Crippen molar-refractivity contribution < 1.29 is 14.2 Å². The molecule has 1 N–H and O–H groups in total. The van der Waals surface area contributed by atoms with Gasteiger partial charge in [0.05, 0.1) is 37.8 Å². The van der Waals surface area contributed by atoms with Gasteiger partial charge in [-0.1, -0.05) is 0 Å². The predicted octanol–water partition coefficient (Wildman–Crippen LogP) is 1.94. The number of aromatic nitrogens is 2. The maximum absolute atomic E-state index is 12.4. The molecule has 1 aliphatic rings. The first kappa shape index (κ1) is 17.7. The van der Waals surface area contributed by atoms with E-state index in [2.05, 4.69) is 14.9 Å². The Morgan fingerprint density at radius 1 is 1.28 bits per heavy atom. The Labute approximate surface area is 146 Å². The number of hydrogen-bond acceptors (Lipinski definition) is 6. The molecule has 0 amide bonds. The van der Waals surface area contributed by atoms with Crippen LogP contribution >= 0.6 is 0 Å². The minimum absolute atomic E-state index is 0.178. The Hall–Kier alpha value is -2.12. The average Bonchev–Trinajstić information content (AvgIpc) is 2.61. The number of nitrogens with one attached hydrogen (secondary N) is 1. The number of benzene rings is 1. The zero-order valence-corrected chi connectivity index (χ0v) is 15.0. The number of fused-ring (bicyclic) bond motifs is 1. The lowest BCUT2D eigenvalue weighted by molar-refractivity contribution is -0.00291. The fourth-order valence-electron chi connectivity index (χ4n) is 3.21. The fraction of sp³-hybridized carbons (Fsp3) is 0.556. The van der Waals surface area contributed by atoms with Crippen molar-refractivity contribution in [1.29, 1.82) is 0 Å². The molecular formula is C18H25N3O4. The van der Waals surface area contributed by atoms with Crippen molar-refractivity contribution in [2.24, 2.45) is 0 Å². The summed E-state index contributed by atoms with van der Waals surface area (Å²) in [6.07, 6.45) is 3.70. The van der Waals surface area contributed by atoms with Crippen LogP contribution in [0.25, 0.3) is 10.9 Å². The Morgan fingerprint density at radius 3 is 2.72 bits per heavy atom. The fourth-order valence-corrected chi connectivity index (χ4v) is 3.21. The molecule has 3 rings (SSSR count). The van der Waals surface area contributed by atoms with Crippen molar-refractivity contribution in [1.82, 2.24) is 14.9 Å². The Bertz CT molecular complexity index is 784. The smallest absolute Gasteiger partial charge is 0.258 e. The molecule has 0 bridgehead atoms. The van der Waals surface area contributed by atoms with E-state index in [1.165, 1.54) is 6.42 Å². The van der Waals surface area contributed by atoms with Crippen LogP contribution < -0.4 is 15.0 Å². The standard InChI is InChI=1S/C18H25N3O4/c1-21(10-12-6-4-5-7-25-12)11-17-19-14-9-16(24-3)15(23-2)8-13(14)18(22)20-17/h8-9,12H,4-7,10-11H2,1-3H3,(H,19,20,22)/t12-/m1/s1. The van der Waals surface area contributed by atoms with Gasteiger partial charge in [0, 0.05) is 19.2 Å². The number of methoxy groups -OCH3 is 2. The van der Waals surface area contributed by atoms with Crippen molar-refractivity contribution in [2.45, 2.75) is 31.9 Å². The molecule has 25 heavy (non-hydrogen) atoms. The molecule has 2 heterocycles. The number of rotatable bonds is 6. The molecule has 0 saturated carbocycles. The lowest BCUT2D eigenvalue weighted by Crippen LogP contribution is -2.33. The van der Waals surface area contributed by atoms with E-state index in [9.17, 15) is 4.79 Å². The quantitative estimate of drug-likeness (QED) is 0.861. The van der Waals surface area contributed by atoms with Crippen LogP contribution in [0.5, 0.6) is 11.5 Å². The van der Waals surface area contributed by atoms with E-state index in [4.69, 9.17) is 14.2 Å². The summed E-state index contributed by atoms with van der Waals surface area (Å²) in [4.78, 5) is 22.0. The third-order valence-electron chi connectivity index (χ3n) is 4.47. The van der Waals surface area contributed by atoms with Crippen molar-refractivity contribution >= 4 is 10.9 Å². The van der Waals surface area contributed by atoms with Gasteiger partial charge in [0.15, 0.2) is 11.5 Å². The van der Waals surface area contributed by atoms with E-state index in [0.717, 1.165) is 26.0 Å². The molecule has 0 unspecified atom stereocenters. The summed E-state index contributed by atoms with van der Waals surface area (Å²) in [6.45, 7) is 2.22. The predicted molar refractivity (Wildman–Crippen MR) is 95.4 cm³/mol. The molecule has 2 aromatic rings. The lowest BCUT2D eigenvalue weighted by atomic mass is 10.1. The van der Waals surface area contributed by atoms with Gasteiger partial charge in [-0.2, -0.15) is 0 Å². The first-order chi connectivity index (χ1) is 12.1. The van der Waals surface area contributed by atoms with Gasteiger partial charge in [0.25, 0.3) is 5.56 Å². The number of hydrogen-bond donors (Lipinski definition) is 1. The van der Waals surface area contributed by atoms with Gasteiger partial charge in [-0.05, 0) is 32.4 Å². The highest BCUT2D eigenvalue weighted by atomic mass is 16.5. The summed E-state index contributed by atoms with van der Waals surface area (Å²) in [5, 5.41) is 0.486. The van der Waals surface area contributed by atoms with Crippen LogP contribution in [0.1, 0.15) is 25.1 Å². The van der Waals surface area contributed by atoms with Crippen molar-refractivity contribution in [3.63, 3.8) is 0 Å². The zero-order chi connectivity index (χ0) is 17.8. The highest BCUT2D eigenvalue weighted by Crippen LogP contribution is 2.29. The molecule has 1 saturated heterocycles. The number of H-pyrrole nitrogens is 1. The number of likely N-dealkylation sites (N-methyl/N-ethyl adjacent to an activating group) is 1. The zero-order valence-electron chi connectivity index (χ0n) is 15.0. The van der Waals surface area contributed by atoms with E-state index < -0.39 is 0 Å². The van der Waals surface area contributed by atoms with Gasteiger partial charge in [0.2, 0.25) is 0 Å². The third-order valence-corrected chi connectivity index (χ3v) is 4.47. The van der Waals surface area contributed by atoms with E-state index in [1.807, 2.05) is 7.05 Å². The summed E-state index contributed by atoms with van der Waals surface area (Å²) in [6, 6.07) is 3.39. The Morgan fingerprint density at radius 2 is 2.04 bits per heavy atom. The normalized spacial score (nSPS) is 17.8. The van der Waals surface area contributed by atoms with Gasteiger partial charge in [-0.15, -0.1) is 0 Å². The van der Waals surface area contributed by atoms with Gasteiger partial charge in [0.1, 0.15) is 5.82 Å². The maximum atomic E-state index is 12.4. The van der Waals surface area contributed by atoms with Gasteiger partial charge < -0.3 is 19.2 Å². The summed E-state index contributed by atoms with van der Waals surface area (Å²) >= 11 is 0. The topological polar surface area (TPSA) is 76.7 Å². The molecule has 0 aliphatic carbocycles. The largest absolute Gasteiger partial charge is 0.493 e. The summed E-state index contributed by atoms with van der Waals surface area (Å²) < 4.78 is 16.3. The average molecular weight is 347 g/mol. The van der Waals surface area contributed by atoms with Gasteiger partial charge >= 0.3 is 0 Å². The van der Waals surface area contributed by atoms with Crippen molar-refractivity contribution in [3.8, 4) is 11.5 Å². The molecule has 136 valence electrons. The maximum Gasteiger partial charge on any atom is 0.258 e. The second-order valence-electron chi connectivity index (χ2n) is 6.42. The minimum atomic E-state index is -0.178. The molecule has 7 heteroatoms. The number of aromatic amines is 1. The number of nitrogens with zero attached hydrogens (tertiary/aromatic N) is 2. The number of ether oxygens (including phenoxy) is 3. The Balaban J connectivity index is 1.80. The summed E-state index contributed by atoms with van der Waals surface area (Å²) in [7, 11) is 5.12. The summed E-state index contributed by atoms with van der Waals surface area (Å²) in [5.74, 6) is 1.70. The van der Waals surface area contributed by atoms with Crippen LogP contribution in [-0.4, -0.2) is 55.4 Å². The minimum Gasteiger partial charge on any atom is -0.493 e. The molecule has 1 aliphatic heterocycles. The van der Waals surface area contributed by atoms with Crippen molar-refractivity contribution in [2.75, 3.05) is 34.4 Å². The van der Waals surface area contributed by atoms with Crippen LogP contribution in [0.2, 0.25) is 0 Å². The second-order valence-corrected chi connectivity index (χ2v) is 6.42. The van der Waals surface area contributed by atoms with E-state index in [1.54, 1.807) is 26.4 Å². The highest BCUT2D eigenvalue weighted by Gasteiger charge is 2.17. The SMILES string of the molecule is COc1cc2nc(CN(C)C[C@H]3CCCCO3)[nH]c(=O)c2cc1OC. The van der Waals surface area contributed by atoms with Crippen LogP contribution in [-0.2, 0) is 11.3 Å². The van der Waals surface area contributed by atoms with Gasteiger partial charge in [-0.25, -0.2) is 4.98 Å². The van der Waals surface area contributed by atoms with Crippen LogP contribution in [0.4, 0.5) is 0 Å².